The highest BCUT2D eigenvalue weighted by Crippen LogP contribution is 2.32. The molecule has 21 heavy (non-hydrogen) atoms. The predicted octanol–water partition coefficient (Wildman–Crippen LogP) is 3.89. The summed E-state index contributed by atoms with van der Waals surface area (Å²) in [6, 6.07) is 14.2. The van der Waals surface area contributed by atoms with Crippen LogP contribution in [0.3, 0.4) is 0 Å². The Kier molecular flexibility index (Phi) is 3.79. The Morgan fingerprint density at radius 1 is 1.10 bits per heavy atom. The molecule has 1 N–H and O–H groups in total. The highest BCUT2D eigenvalue weighted by molar-refractivity contribution is 5.85. The third-order valence-electron chi connectivity index (χ3n) is 3.23. The largest absolute Gasteiger partial charge is 0.453 e. The number of hydrogen-bond acceptors (Lipinski definition) is 3. The summed E-state index contributed by atoms with van der Waals surface area (Å²) in [6.07, 6.45) is 1.72. The molecule has 0 saturated heterocycles. The Morgan fingerprint density at radius 3 is 2.81 bits per heavy atom. The lowest BCUT2D eigenvalue weighted by Gasteiger charge is -2.13. The fraction of sp³-hybridized carbons (Fsp3) is 0.118. The standard InChI is InChI=1S/C17H15FN2O/c1-19-11-12-5-2-7-14(18)17(12)21-16-9-3-8-15-13(16)6-4-10-20-15/h2-10,19H,11H2,1H3. The second-order valence-corrected chi connectivity index (χ2v) is 4.69. The first kappa shape index (κ1) is 13.5. The number of nitrogens with one attached hydrogen (secondary N) is 1. The third kappa shape index (κ3) is 2.71. The van der Waals surface area contributed by atoms with Crippen molar-refractivity contribution in [1.82, 2.24) is 10.3 Å². The second kappa shape index (κ2) is 5.89. The van der Waals surface area contributed by atoms with Gasteiger partial charge in [-0.3, -0.25) is 4.98 Å². The highest BCUT2D eigenvalue weighted by Gasteiger charge is 2.12. The van der Waals surface area contributed by atoms with E-state index in [0.29, 0.717) is 12.3 Å². The molecule has 1 aromatic heterocycles. The van der Waals surface area contributed by atoms with E-state index >= 15 is 0 Å². The van der Waals surface area contributed by atoms with Crippen LogP contribution in [0.1, 0.15) is 5.56 Å². The van der Waals surface area contributed by atoms with Gasteiger partial charge < -0.3 is 10.1 Å². The normalized spacial score (nSPS) is 10.8. The summed E-state index contributed by atoms with van der Waals surface area (Å²) in [5, 5.41) is 3.88. The molecular formula is C17H15FN2O. The van der Waals surface area contributed by atoms with Crippen molar-refractivity contribution in [1.29, 1.82) is 0 Å². The van der Waals surface area contributed by atoms with Gasteiger partial charge in [-0.1, -0.05) is 18.2 Å². The first-order valence-corrected chi connectivity index (χ1v) is 6.73. The molecular weight excluding hydrogens is 267 g/mol. The van der Waals surface area contributed by atoms with Gasteiger partial charge in [-0.2, -0.15) is 0 Å². The van der Waals surface area contributed by atoms with Gasteiger partial charge in [-0.15, -0.1) is 0 Å². The van der Waals surface area contributed by atoms with Gasteiger partial charge in [0.15, 0.2) is 11.6 Å². The zero-order chi connectivity index (χ0) is 14.7. The Balaban J connectivity index is 2.07. The average Bonchev–Trinajstić information content (AvgIpc) is 2.51. The van der Waals surface area contributed by atoms with E-state index in [1.807, 2.05) is 43.4 Å². The van der Waals surface area contributed by atoms with E-state index in [9.17, 15) is 4.39 Å². The van der Waals surface area contributed by atoms with Crippen molar-refractivity contribution < 1.29 is 9.13 Å². The zero-order valence-corrected chi connectivity index (χ0v) is 11.6. The number of hydrogen-bond donors (Lipinski definition) is 1. The lowest BCUT2D eigenvalue weighted by atomic mass is 10.1. The summed E-state index contributed by atoms with van der Waals surface area (Å²) >= 11 is 0. The topological polar surface area (TPSA) is 34.1 Å². The predicted molar refractivity (Wildman–Crippen MR) is 81.0 cm³/mol. The van der Waals surface area contributed by atoms with Gasteiger partial charge >= 0.3 is 0 Å². The number of ether oxygens (including phenoxy) is 1. The highest BCUT2D eigenvalue weighted by atomic mass is 19.1. The Morgan fingerprint density at radius 2 is 1.95 bits per heavy atom. The van der Waals surface area contributed by atoms with Gasteiger partial charge in [0, 0.05) is 23.7 Å². The molecule has 0 spiro atoms. The van der Waals surface area contributed by atoms with Gasteiger partial charge in [-0.05, 0) is 37.4 Å². The van der Waals surface area contributed by atoms with Gasteiger partial charge in [0.25, 0.3) is 0 Å². The maximum absolute atomic E-state index is 14.1. The van der Waals surface area contributed by atoms with Gasteiger partial charge in [-0.25, -0.2) is 4.39 Å². The summed E-state index contributed by atoms with van der Waals surface area (Å²) in [5.74, 6) is 0.481. The molecule has 1 heterocycles. The third-order valence-corrected chi connectivity index (χ3v) is 3.23. The van der Waals surface area contributed by atoms with Crippen LogP contribution in [0, 0.1) is 5.82 Å². The zero-order valence-electron chi connectivity index (χ0n) is 11.6. The summed E-state index contributed by atoms with van der Waals surface area (Å²) in [7, 11) is 1.82. The Labute approximate surface area is 122 Å². The first-order chi connectivity index (χ1) is 10.3. The van der Waals surface area contributed by atoms with E-state index in [0.717, 1.165) is 16.5 Å². The number of rotatable bonds is 4. The van der Waals surface area contributed by atoms with Crippen molar-refractivity contribution in [2.24, 2.45) is 0 Å². The lowest BCUT2D eigenvalue weighted by molar-refractivity contribution is 0.438. The maximum atomic E-state index is 14.1. The minimum absolute atomic E-state index is 0.253. The molecule has 2 aromatic carbocycles. The number of halogens is 1. The number of pyridine rings is 1. The van der Waals surface area contributed by atoms with Gasteiger partial charge in [0.1, 0.15) is 5.75 Å². The summed E-state index contributed by atoms with van der Waals surface area (Å²) < 4.78 is 19.9. The van der Waals surface area contributed by atoms with Crippen molar-refractivity contribution in [2.75, 3.05) is 7.05 Å². The van der Waals surface area contributed by atoms with Crippen molar-refractivity contribution in [3.05, 3.63) is 66.1 Å². The number of aromatic nitrogens is 1. The number of para-hydroxylation sites is 1. The van der Waals surface area contributed by atoms with Crippen molar-refractivity contribution in [3.8, 4) is 11.5 Å². The van der Waals surface area contributed by atoms with Crippen LogP contribution in [-0.2, 0) is 6.54 Å². The summed E-state index contributed by atoms with van der Waals surface area (Å²) in [6.45, 7) is 0.538. The average molecular weight is 282 g/mol. The molecule has 3 rings (SSSR count). The Hall–Kier alpha value is -2.46. The van der Waals surface area contributed by atoms with Crippen LogP contribution in [0.5, 0.6) is 11.5 Å². The molecule has 0 saturated carbocycles. The molecule has 106 valence electrons. The van der Waals surface area contributed by atoms with Gasteiger partial charge in [0.2, 0.25) is 0 Å². The van der Waals surface area contributed by atoms with Crippen LogP contribution in [0.15, 0.2) is 54.7 Å². The fourth-order valence-corrected chi connectivity index (χ4v) is 2.27. The Bertz CT molecular complexity index is 768. The van der Waals surface area contributed by atoms with E-state index in [-0.39, 0.29) is 11.6 Å². The molecule has 0 bridgehead atoms. The number of benzene rings is 2. The maximum Gasteiger partial charge on any atom is 0.167 e. The SMILES string of the molecule is CNCc1cccc(F)c1Oc1cccc2ncccc12. The molecule has 0 unspecified atom stereocenters. The molecule has 0 aliphatic heterocycles. The summed E-state index contributed by atoms with van der Waals surface area (Å²) in [5.41, 5.74) is 1.60. The minimum Gasteiger partial charge on any atom is -0.453 e. The van der Waals surface area contributed by atoms with E-state index in [1.165, 1.54) is 6.07 Å². The molecule has 0 fully saturated rings. The van der Waals surface area contributed by atoms with Crippen molar-refractivity contribution in [3.63, 3.8) is 0 Å². The molecule has 4 heteroatoms. The van der Waals surface area contributed by atoms with Crippen LogP contribution >= 0.6 is 0 Å². The molecule has 3 aromatic rings. The van der Waals surface area contributed by atoms with Crippen LogP contribution < -0.4 is 10.1 Å². The second-order valence-electron chi connectivity index (χ2n) is 4.69. The summed E-state index contributed by atoms with van der Waals surface area (Å²) in [4.78, 5) is 4.28. The molecule has 0 aliphatic rings. The fourth-order valence-electron chi connectivity index (χ4n) is 2.27. The molecule has 0 atom stereocenters. The molecule has 0 amide bonds. The molecule has 0 aliphatic carbocycles. The first-order valence-electron chi connectivity index (χ1n) is 6.73. The minimum atomic E-state index is -0.372. The van der Waals surface area contributed by atoms with E-state index in [1.54, 1.807) is 12.3 Å². The lowest BCUT2D eigenvalue weighted by Crippen LogP contribution is -2.07. The molecule has 0 radical (unpaired) electrons. The molecule has 3 nitrogen and oxygen atoms in total. The monoisotopic (exact) mass is 282 g/mol. The van der Waals surface area contributed by atoms with E-state index < -0.39 is 0 Å². The van der Waals surface area contributed by atoms with Crippen molar-refractivity contribution in [2.45, 2.75) is 6.54 Å². The van der Waals surface area contributed by atoms with Crippen LogP contribution in [0.4, 0.5) is 4.39 Å². The number of fused-ring (bicyclic) bond motifs is 1. The smallest absolute Gasteiger partial charge is 0.167 e. The van der Waals surface area contributed by atoms with Gasteiger partial charge in [0.05, 0.1) is 5.52 Å². The van der Waals surface area contributed by atoms with Crippen LogP contribution in [0.25, 0.3) is 10.9 Å². The van der Waals surface area contributed by atoms with Crippen LogP contribution in [0.2, 0.25) is 0 Å². The number of nitrogens with zero attached hydrogens (tertiary/aromatic N) is 1. The van der Waals surface area contributed by atoms with Crippen LogP contribution in [-0.4, -0.2) is 12.0 Å². The quantitative estimate of drug-likeness (QED) is 0.788. The van der Waals surface area contributed by atoms with E-state index in [4.69, 9.17) is 4.74 Å². The van der Waals surface area contributed by atoms with Crippen molar-refractivity contribution >= 4 is 10.9 Å². The van der Waals surface area contributed by atoms with E-state index in [2.05, 4.69) is 10.3 Å².